The predicted molar refractivity (Wildman–Crippen MR) is 126 cm³/mol. The van der Waals surface area contributed by atoms with Crippen LogP contribution in [0.25, 0.3) is 0 Å². The lowest BCUT2D eigenvalue weighted by molar-refractivity contribution is 0.0411. The van der Waals surface area contributed by atoms with E-state index in [0.29, 0.717) is 12.6 Å². The third kappa shape index (κ3) is 10.1. The number of aromatic nitrogens is 1. The lowest BCUT2D eigenvalue weighted by atomic mass is 10.1. The smallest absolute Gasteiger partial charge is 0.191 e. The number of thiazole rings is 1. The van der Waals surface area contributed by atoms with Crippen molar-refractivity contribution in [3.05, 3.63) is 15.6 Å². The lowest BCUT2D eigenvalue weighted by Gasteiger charge is -2.15. The third-order valence-electron chi connectivity index (χ3n) is 4.81. The van der Waals surface area contributed by atoms with E-state index in [0.717, 1.165) is 49.2 Å². The summed E-state index contributed by atoms with van der Waals surface area (Å²) in [7, 11) is 0. The number of rotatable bonds is 9. The van der Waals surface area contributed by atoms with E-state index < -0.39 is 0 Å². The molecule has 0 bridgehead atoms. The van der Waals surface area contributed by atoms with Gasteiger partial charge in [-0.1, -0.05) is 25.7 Å². The van der Waals surface area contributed by atoms with Crippen molar-refractivity contribution in [3.63, 3.8) is 0 Å². The Bertz CT molecular complexity index is 523. The summed E-state index contributed by atoms with van der Waals surface area (Å²) in [5.74, 6) is 0.877. The molecule has 1 aromatic rings. The van der Waals surface area contributed by atoms with Crippen LogP contribution >= 0.6 is 35.3 Å². The number of ether oxygens (including phenoxy) is 1. The van der Waals surface area contributed by atoms with Gasteiger partial charge in [0.15, 0.2) is 5.96 Å². The first-order chi connectivity index (χ1) is 12.7. The Morgan fingerprint density at radius 3 is 2.52 bits per heavy atom. The van der Waals surface area contributed by atoms with Crippen molar-refractivity contribution in [2.75, 3.05) is 19.7 Å². The summed E-state index contributed by atoms with van der Waals surface area (Å²) in [5, 5.41) is 7.81. The van der Waals surface area contributed by atoms with Gasteiger partial charge in [0.05, 0.1) is 18.3 Å². The molecule has 0 spiro atoms. The molecule has 5 nitrogen and oxygen atoms in total. The molecule has 0 radical (unpaired) electrons. The van der Waals surface area contributed by atoms with Crippen molar-refractivity contribution < 1.29 is 4.74 Å². The first kappa shape index (κ1) is 24.6. The summed E-state index contributed by atoms with van der Waals surface area (Å²) < 4.78 is 6.06. The number of guanidine groups is 1. The van der Waals surface area contributed by atoms with Gasteiger partial charge in [-0.25, -0.2) is 9.98 Å². The molecule has 0 saturated heterocycles. The molecule has 2 rings (SSSR count). The molecule has 0 aliphatic heterocycles. The topological polar surface area (TPSA) is 58.5 Å². The average Bonchev–Trinajstić information content (AvgIpc) is 2.81. The van der Waals surface area contributed by atoms with E-state index in [1.165, 1.54) is 43.4 Å². The van der Waals surface area contributed by atoms with E-state index in [4.69, 9.17) is 4.74 Å². The maximum Gasteiger partial charge on any atom is 0.191 e. The number of unbranched alkanes of at least 4 members (excludes halogenated alkanes) is 1. The molecule has 0 unspecified atom stereocenters. The maximum atomic E-state index is 6.06. The zero-order valence-electron chi connectivity index (χ0n) is 17.2. The first-order valence-corrected chi connectivity index (χ1v) is 11.1. The van der Waals surface area contributed by atoms with Gasteiger partial charge in [-0.15, -0.1) is 35.3 Å². The van der Waals surface area contributed by atoms with Crippen molar-refractivity contribution in [1.29, 1.82) is 0 Å². The van der Waals surface area contributed by atoms with E-state index >= 15 is 0 Å². The summed E-state index contributed by atoms with van der Waals surface area (Å²) in [4.78, 5) is 10.5. The van der Waals surface area contributed by atoms with Crippen LogP contribution in [0.3, 0.4) is 0 Å². The van der Waals surface area contributed by atoms with Crippen LogP contribution in [0, 0.1) is 13.8 Å². The van der Waals surface area contributed by atoms with Crippen LogP contribution in [0.2, 0.25) is 0 Å². The predicted octanol–water partition coefficient (Wildman–Crippen LogP) is 4.95. The van der Waals surface area contributed by atoms with Gasteiger partial charge in [-0.05, 0) is 46.5 Å². The molecular weight excluding hydrogens is 471 g/mol. The minimum atomic E-state index is 0. The molecule has 27 heavy (non-hydrogen) atoms. The zero-order chi connectivity index (χ0) is 18.6. The van der Waals surface area contributed by atoms with Crippen molar-refractivity contribution in [2.45, 2.75) is 84.8 Å². The van der Waals surface area contributed by atoms with E-state index in [2.05, 4.69) is 41.4 Å². The molecule has 1 saturated carbocycles. The van der Waals surface area contributed by atoms with Gasteiger partial charge in [0, 0.05) is 24.6 Å². The summed E-state index contributed by atoms with van der Waals surface area (Å²) in [5.41, 5.74) is 1.12. The number of nitrogens with one attached hydrogen (secondary N) is 2. The summed E-state index contributed by atoms with van der Waals surface area (Å²) in [6, 6.07) is 0. The Hall–Kier alpha value is -0.410. The lowest BCUT2D eigenvalue weighted by Crippen LogP contribution is -2.37. The van der Waals surface area contributed by atoms with Crippen LogP contribution in [-0.2, 0) is 11.3 Å². The van der Waals surface area contributed by atoms with Crippen LogP contribution < -0.4 is 10.6 Å². The quantitative estimate of drug-likeness (QED) is 0.163. The summed E-state index contributed by atoms with van der Waals surface area (Å²) in [6.07, 6.45) is 10.7. The zero-order valence-corrected chi connectivity index (χ0v) is 20.3. The van der Waals surface area contributed by atoms with Crippen molar-refractivity contribution in [1.82, 2.24) is 15.6 Å². The fourth-order valence-corrected chi connectivity index (χ4v) is 4.05. The summed E-state index contributed by atoms with van der Waals surface area (Å²) in [6.45, 7) is 9.58. The first-order valence-electron chi connectivity index (χ1n) is 10.3. The van der Waals surface area contributed by atoms with Gasteiger partial charge in [0.25, 0.3) is 0 Å². The minimum Gasteiger partial charge on any atom is -0.378 e. The van der Waals surface area contributed by atoms with Gasteiger partial charge in [0.2, 0.25) is 0 Å². The van der Waals surface area contributed by atoms with Gasteiger partial charge in [0.1, 0.15) is 5.01 Å². The molecule has 0 aromatic carbocycles. The largest absolute Gasteiger partial charge is 0.378 e. The molecule has 1 aromatic heterocycles. The molecule has 0 amide bonds. The number of halogens is 1. The normalized spacial score (nSPS) is 15.9. The highest BCUT2D eigenvalue weighted by atomic mass is 127. The van der Waals surface area contributed by atoms with Crippen LogP contribution in [0.4, 0.5) is 0 Å². The van der Waals surface area contributed by atoms with Gasteiger partial charge in [-0.3, -0.25) is 0 Å². The summed E-state index contributed by atoms with van der Waals surface area (Å²) >= 11 is 1.73. The molecule has 2 N–H and O–H groups in total. The number of nitrogens with zero attached hydrogens (tertiary/aromatic N) is 2. The van der Waals surface area contributed by atoms with Crippen LogP contribution in [0.1, 0.15) is 73.9 Å². The fourth-order valence-electron chi connectivity index (χ4n) is 3.19. The standard InChI is InChI=1S/C20H36N4OS.HI/c1-4-21-20(23-15-19-24-16(2)17(3)26-19)22-13-9-10-14-25-18-11-7-5-6-8-12-18;/h18H,4-15H2,1-3H3,(H2,21,22,23);1H. The second-order valence-corrected chi connectivity index (χ2v) is 8.35. The monoisotopic (exact) mass is 508 g/mol. The highest BCUT2D eigenvalue weighted by molar-refractivity contribution is 14.0. The molecule has 7 heteroatoms. The van der Waals surface area contributed by atoms with E-state index in [9.17, 15) is 0 Å². The fraction of sp³-hybridized carbons (Fsp3) is 0.800. The van der Waals surface area contributed by atoms with Crippen LogP contribution in [-0.4, -0.2) is 36.7 Å². The number of aryl methyl sites for hydroxylation is 2. The Labute approximate surface area is 186 Å². The van der Waals surface area contributed by atoms with E-state index in [1.54, 1.807) is 11.3 Å². The molecule has 1 fully saturated rings. The Morgan fingerprint density at radius 2 is 1.89 bits per heavy atom. The van der Waals surface area contributed by atoms with E-state index in [1.807, 2.05) is 0 Å². The maximum absolute atomic E-state index is 6.06. The molecule has 1 aliphatic carbocycles. The molecule has 1 heterocycles. The average molecular weight is 509 g/mol. The molecule has 0 atom stereocenters. The number of hydrogen-bond donors (Lipinski definition) is 2. The molecular formula is C20H37IN4OS. The molecule has 156 valence electrons. The highest BCUT2D eigenvalue weighted by Gasteiger charge is 2.11. The van der Waals surface area contributed by atoms with Gasteiger partial charge >= 0.3 is 0 Å². The highest BCUT2D eigenvalue weighted by Crippen LogP contribution is 2.20. The van der Waals surface area contributed by atoms with Gasteiger partial charge in [-0.2, -0.15) is 0 Å². The minimum absolute atomic E-state index is 0. The SMILES string of the molecule is CCNC(=NCc1nc(C)c(C)s1)NCCCCOC1CCCCCC1.I. The number of hydrogen-bond acceptors (Lipinski definition) is 4. The van der Waals surface area contributed by atoms with Crippen LogP contribution in [0.5, 0.6) is 0 Å². The molecule has 1 aliphatic rings. The second-order valence-electron chi connectivity index (χ2n) is 7.06. The van der Waals surface area contributed by atoms with Gasteiger partial charge < -0.3 is 15.4 Å². The third-order valence-corrected chi connectivity index (χ3v) is 5.87. The van der Waals surface area contributed by atoms with Crippen molar-refractivity contribution in [2.24, 2.45) is 4.99 Å². The van der Waals surface area contributed by atoms with Crippen molar-refractivity contribution >= 4 is 41.3 Å². The number of aliphatic imine (C=N–C) groups is 1. The Kier molecular flexibility index (Phi) is 13.3. The Balaban J connectivity index is 0.00000364. The van der Waals surface area contributed by atoms with E-state index in [-0.39, 0.29) is 24.0 Å². The second kappa shape index (κ2) is 14.6. The van der Waals surface area contributed by atoms with Crippen molar-refractivity contribution in [3.8, 4) is 0 Å². The Morgan fingerprint density at radius 1 is 1.15 bits per heavy atom. The van der Waals surface area contributed by atoms with Crippen LogP contribution in [0.15, 0.2) is 4.99 Å².